The zero-order valence-electron chi connectivity index (χ0n) is 20.6. The lowest BCUT2D eigenvalue weighted by molar-refractivity contribution is 0.0270. The second-order valence-corrected chi connectivity index (χ2v) is 10.0. The fourth-order valence-electron chi connectivity index (χ4n) is 4.50. The van der Waals surface area contributed by atoms with Gasteiger partial charge in [-0.25, -0.2) is 9.59 Å². The lowest BCUT2D eigenvalue weighted by Crippen LogP contribution is -2.39. The Bertz CT molecular complexity index is 1080. The molecule has 0 aliphatic carbocycles. The van der Waals surface area contributed by atoms with Crippen LogP contribution in [0.1, 0.15) is 59.8 Å². The van der Waals surface area contributed by atoms with Gasteiger partial charge in [0.15, 0.2) is 0 Å². The third-order valence-corrected chi connectivity index (χ3v) is 6.31. The predicted molar refractivity (Wildman–Crippen MR) is 132 cm³/mol. The van der Waals surface area contributed by atoms with Crippen molar-refractivity contribution in [2.75, 3.05) is 26.7 Å². The maximum atomic E-state index is 12.3. The van der Waals surface area contributed by atoms with Gasteiger partial charge in [0.2, 0.25) is 0 Å². The van der Waals surface area contributed by atoms with Crippen molar-refractivity contribution in [1.29, 1.82) is 0 Å². The molecule has 2 heterocycles. The molecule has 0 spiro atoms. The smallest absolute Gasteiger partial charge is 0.410 e. The average molecular weight is 463 g/mol. The van der Waals surface area contributed by atoms with Crippen LogP contribution in [-0.4, -0.2) is 54.2 Å². The molecule has 0 N–H and O–H groups in total. The summed E-state index contributed by atoms with van der Waals surface area (Å²) in [6, 6.07) is 14.6. The highest BCUT2D eigenvalue weighted by Crippen LogP contribution is 2.26. The molecule has 2 aliphatic rings. The fourth-order valence-corrected chi connectivity index (χ4v) is 4.50. The summed E-state index contributed by atoms with van der Waals surface area (Å²) >= 11 is 0. The number of amides is 1. The summed E-state index contributed by atoms with van der Waals surface area (Å²) in [4.78, 5) is 28.3. The van der Waals surface area contributed by atoms with E-state index in [1.807, 2.05) is 39.0 Å². The van der Waals surface area contributed by atoms with Crippen LogP contribution in [-0.2, 0) is 29.0 Å². The van der Waals surface area contributed by atoms with Gasteiger partial charge in [0, 0.05) is 32.7 Å². The van der Waals surface area contributed by atoms with E-state index in [1.165, 1.54) is 34.9 Å². The highest BCUT2D eigenvalue weighted by Gasteiger charge is 2.24. The normalized spacial score (nSPS) is 16.5. The van der Waals surface area contributed by atoms with E-state index in [2.05, 4.69) is 35.2 Å². The Hall–Kier alpha value is -3.12. The lowest BCUT2D eigenvalue weighted by atomic mass is 9.96. The zero-order valence-corrected chi connectivity index (χ0v) is 20.6. The first-order valence-corrected chi connectivity index (χ1v) is 11.9. The van der Waals surface area contributed by atoms with Crippen LogP contribution >= 0.6 is 0 Å². The molecule has 180 valence electrons. The molecular weight excluding hydrogens is 428 g/mol. The monoisotopic (exact) mass is 462 g/mol. The van der Waals surface area contributed by atoms with Gasteiger partial charge < -0.3 is 14.4 Å². The van der Waals surface area contributed by atoms with Crippen molar-refractivity contribution in [3.8, 4) is 0 Å². The first-order valence-electron chi connectivity index (χ1n) is 11.9. The number of methoxy groups -OCH3 is 1. The molecule has 2 aromatic rings. The summed E-state index contributed by atoms with van der Waals surface area (Å²) in [5.41, 5.74) is 6.43. The fraction of sp³-hybridized carbons (Fsp3) is 0.429. The molecule has 6 nitrogen and oxygen atoms in total. The molecule has 34 heavy (non-hydrogen) atoms. The average Bonchev–Trinajstić information content (AvgIpc) is 2.83. The van der Waals surface area contributed by atoms with Gasteiger partial charge in [0.05, 0.1) is 12.7 Å². The molecule has 0 bridgehead atoms. The minimum Gasteiger partial charge on any atom is -0.465 e. The van der Waals surface area contributed by atoms with Crippen molar-refractivity contribution in [2.45, 2.75) is 52.3 Å². The topological polar surface area (TPSA) is 59.1 Å². The largest absolute Gasteiger partial charge is 0.465 e. The number of hydrogen-bond donors (Lipinski definition) is 0. The molecule has 0 aromatic heterocycles. The van der Waals surface area contributed by atoms with Gasteiger partial charge in [-0.2, -0.15) is 0 Å². The Morgan fingerprint density at radius 1 is 0.971 bits per heavy atom. The van der Waals surface area contributed by atoms with E-state index in [9.17, 15) is 9.59 Å². The van der Waals surface area contributed by atoms with Gasteiger partial charge in [-0.3, -0.25) is 4.90 Å². The van der Waals surface area contributed by atoms with Crippen LogP contribution in [0.2, 0.25) is 0 Å². The van der Waals surface area contributed by atoms with Crippen LogP contribution in [0.3, 0.4) is 0 Å². The number of ether oxygens (including phenoxy) is 2. The van der Waals surface area contributed by atoms with Crippen LogP contribution in [0.15, 0.2) is 48.5 Å². The quantitative estimate of drug-likeness (QED) is 0.595. The van der Waals surface area contributed by atoms with E-state index < -0.39 is 5.60 Å². The summed E-state index contributed by atoms with van der Waals surface area (Å²) in [6.45, 7) is 9.66. The van der Waals surface area contributed by atoms with E-state index in [-0.39, 0.29) is 12.1 Å². The van der Waals surface area contributed by atoms with Crippen LogP contribution < -0.4 is 0 Å². The van der Waals surface area contributed by atoms with Gasteiger partial charge in [-0.05, 0) is 73.6 Å². The number of esters is 1. The number of carbonyl (C=O) groups excluding carboxylic acids is 2. The predicted octanol–water partition coefficient (Wildman–Crippen LogP) is 5.06. The molecule has 6 heteroatoms. The number of rotatable bonds is 4. The van der Waals surface area contributed by atoms with E-state index >= 15 is 0 Å². The molecular formula is C28H34N2O4. The number of fused-ring (bicyclic) bond motifs is 1. The Morgan fingerprint density at radius 2 is 1.74 bits per heavy atom. The van der Waals surface area contributed by atoms with E-state index in [1.54, 1.807) is 4.90 Å². The minimum absolute atomic E-state index is 0.247. The Morgan fingerprint density at radius 3 is 2.38 bits per heavy atom. The molecule has 0 unspecified atom stereocenters. The Balaban J connectivity index is 1.33. The minimum atomic E-state index is -0.473. The third-order valence-electron chi connectivity index (χ3n) is 6.31. The molecule has 1 amide bonds. The lowest BCUT2D eigenvalue weighted by Gasteiger charge is -2.30. The highest BCUT2D eigenvalue weighted by atomic mass is 16.6. The maximum absolute atomic E-state index is 12.3. The number of hydrogen-bond acceptors (Lipinski definition) is 5. The first-order chi connectivity index (χ1) is 16.2. The summed E-state index contributed by atoms with van der Waals surface area (Å²) in [6.07, 6.45) is 3.64. The zero-order chi connectivity index (χ0) is 24.3. The van der Waals surface area contributed by atoms with E-state index in [4.69, 9.17) is 9.47 Å². The SMILES string of the molecule is COC(=O)c1ccc2c(c1)CCN(Cc1ccc(C3=CCN(C(=O)OC(C)(C)C)CC3)cc1)C2. The molecule has 4 rings (SSSR count). The maximum Gasteiger partial charge on any atom is 0.410 e. The number of benzene rings is 2. The van der Waals surface area contributed by atoms with Crippen LogP contribution in [0.25, 0.3) is 5.57 Å². The van der Waals surface area contributed by atoms with E-state index in [0.29, 0.717) is 18.7 Å². The van der Waals surface area contributed by atoms with Crippen molar-refractivity contribution in [1.82, 2.24) is 9.80 Å². The van der Waals surface area contributed by atoms with Crippen LogP contribution in [0, 0.1) is 0 Å². The second-order valence-electron chi connectivity index (χ2n) is 10.0. The number of nitrogens with zero attached hydrogens (tertiary/aromatic N) is 2. The van der Waals surface area contributed by atoms with Crippen molar-refractivity contribution in [2.24, 2.45) is 0 Å². The Kier molecular flexibility index (Phi) is 7.08. The third kappa shape index (κ3) is 5.86. The summed E-state index contributed by atoms with van der Waals surface area (Å²) in [5, 5.41) is 0. The van der Waals surface area contributed by atoms with Crippen molar-refractivity contribution in [3.63, 3.8) is 0 Å². The van der Waals surface area contributed by atoms with Crippen LogP contribution in [0.4, 0.5) is 4.79 Å². The molecule has 0 radical (unpaired) electrons. The van der Waals surface area contributed by atoms with Gasteiger partial charge in [0.1, 0.15) is 5.60 Å². The standard InChI is InChI=1S/C28H34N2O4/c1-28(2,3)34-27(32)30-15-12-22(13-16-30)21-7-5-20(6-8-21)18-29-14-11-23-17-24(26(31)33-4)9-10-25(23)19-29/h5-10,12,17H,11,13-16,18-19H2,1-4H3. The summed E-state index contributed by atoms with van der Waals surface area (Å²) in [5.74, 6) is -0.282. The van der Waals surface area contributed by atoms with Gasteiger partial charge in [-0.1, -0.05) is 36.4 Å². The molecule has 0 saturated heterocycles. The Labute approximate surface area is 202 Å². The van der Waals surface area contributed by atoms with Gasteiger partial charge in [-0.15, -0.1) is 0 Å². The highest BCUT2D eigenvalue weighted by molar-refractivity contribution is 5.89. The van der Waals surface area contributed by atoms with E-state index in [0.717, 1.165) is 32.5 Å². The molecule has 2 aromatic carbocycles. The van der Waals surface area contributed by atoms with Gasteiger partial charge in [0.25, 0.3) is 0 Å². The second kappa shape index (κ2) is 10.0. The van der Waals surface area contributed by atoms with Crippen molar-refractivity contribution >= 4 is 17.6 Å². The van der Waals surface area contributed by atoms with Crippen molar-refractivity contribution in [3.05, 3.63) is 76.4 Å². The molecule has 2 aliphatic heterocycles. The number of carbonyl (C=O) groups is 2. The molecule has 0 fully saturated rings. The first kappa shape index (κ1) is 24.0. The summed E-state index contributed by atoms with van der Waals surface area (Å²) < 4.78 is 10.3. The molecule has 0 saturated carbocycles. The summed E-state index contributed by atoms with van der Waals surface area (Å²) in [7, 11) is 1.41. The van der Waals surface area contributed by atoms with Gasteiger partial charge >= 0.3 is 12.1 Å². The van der Waals surface area contributed by atoms with Crippen molar-refractivity contribution < 1.29 is 19.1 Å². The van der Waals surface area contributed by atoms with Crippen LogP contribution in [0.5, 0.6) is 0 Å². The molecule has 0 atom stereocenters.